The summed E-state index contributed by atoms with van der Waals surface area (Å²) in [6, 6.07) is 7.24. The van der Waals surface area contributed by atoms with Crippen LogP contribution in [0.25, 0.3) is 0 Å². The Bertz CT molecular complexity index is 469. The summed E-state index contributed by atoms with van der Waals surface area (Å²) in [5.74, 6) is -0.229. The van der Waals surface area contributed by atoms with Crippen molar-refractivity contribution in [1.29, 1.82) is 5.26 Å². The number of carbonyl (C=O) groups excluding carboxylic acids is 1. The van der Waals surface area contributed by atoms with Crippen molar-refractivity contribution in [2.45, 2.75) is 13.0 Å². The number of rotatable bonds is 5. The minimum atomic E-state index is -0.229. The first-order valence-electron chi connectivity index (χ1n) is 5.50. The second-order valence-corrected chi connectivity index (χ2v) is 4.39. The van der Waals surface area contributed by atoms with E-state index >= 15 is 0 Å². The number of halogens is 1. The van der Waals surface area contributed by atoms with E-state index < -0.39 is 0 Å². The van der Waals surface area contributed by atoms with Gasteiger partial charge in [-0.05, 0) is 24.7 Å². The van der Waals surface area contributed by atoms with Gasteiger partial charge in [0.1, 0.15) is 0 Å². The lowest BCUT2D eigenvalue weighted by Crippen LogP contribution is -2.22. The highest BCUT2D eigenvalue weighted by molar-refractivity contribution is 6.31. The van der Waals surface area contributed by atoms with Gasteiger partial charge in [0.05, 0.1) is 25.2 Å². The summed E-state index contributed by atoms with van der Waals surface area (Å²) >= 11 is 6.07. The zero-order chi connectivity index (χ0) is 13.5. The molecule has 0 aromatic heterocycles. The molecule has 96 valence electrons. The number of hydrogen-bond donors (Lipinski definition) is 0. The molecule has 0 amide bonds. The Morgan fingerprint density at radius 1 is 1.56 bits per heavy atom. The van der Waals surface area contributed by atoms with Crippen LogP contribution >= 0.6 is 11.6 Å². The van der Waals surface area contributed by atoms with Crippen LogP contribution in [-0.2, 0) is 16.1 Å². The Balaban J connectivity index is 2.57. The summed E-state index contributed by atoms with van der Waals surface area (Å²) in [5.41, 5.74) is 1.48. The number of nitrogens with zero attached hydrogens (tertiary/aromatic N) is 2. The molecule has 0 saturated carbocycles. The molecular formula is C13H15ClN2O2. The molecule has 1 aromatic carbocycles. The van der Waals surface area contributed by atoms with E-state index in [1.807, 2.05) is 24.1 Å². The second-order valence-electron chi connectivity index (χ2n) is 3.98. The molecule has 0 aliphatic heterocycles. The molecule has 0 spiro atoms. The van der Waals surface area contributed by atoms with Gasteiger partial charge in [-0.2, -0.15) is 5.26 Å². The fourth-order valence-electron chi connectivity index (χ4n) is 1.50. The lowest BCUT2D eigenvalue weighted by Gasteiger charge is -2.16. The van der Waals surface area contributed by atoms with Gasteiger partial charge in [0.2, 0.25) is 0 Å². The molecule has 0 heterocycles. The third kappa shape index (κ3) is 4.36. The first kappa shape index (κ1) is 14.5. The van der Waals surface area contributed by atoms with E-state index in [-0.39, 0.29) is 5.97 Å². The van der Waals surface area contributed by atoms with Crippen LogP contribution < -0.4 is 0 Å². The maximum atomic E-state index is 11.0. The molecule has 0 aliphatic carbocycles. The number of hydrogen-bond acceptors (Lipinski definition) is 4. The molecular weight excluding hydrogens is 252 g/mol. The minimum Gasteiger partial charge on any atom is -0.469 e. The van der Waals surface area contributed by atoms with E-state index in [1.165, 1.54) is 7.11 Å². The quantitative estimate of drug-likeness (QED) is 0.767. The van der Waals surface area contributed by atoms with Crippen molar-refractivity contribution in [2.75, 3.05) is 20.7 Å². The van der Waals surface area contributed by atoms with Gasteiger partial charge < -0.3 is 9.64 Å². The highest BCUT2D eigenvalue weighted by Gasteiger charge is 2.07. The number of ether oxygens (including phenoxy) is 1. The van der Waals surface area contributed by atoms with E-state index in [2.05, 4.69) is 4.74 Å². The molecule has 18 heavy (non-hydrogen) atoms. The van der Waals surface area contributed by atoms with Crippen LogP contribution in [0.15, 0.2) is 18.2 Å². The average Bonchev–Trinajstić information content (AvgIpc) is 2.38. The van der Waals surface area contributed by atoms with Gasteiger partial charge >= 0.3 is 5.97 Å². The Labute approximate surface area is 112 Å². The van der Waals surface area contributed by atoms with Crippen LogP contribution in [0.2, 0.25) is 5.02 Å². The molecule has 0 fully saturated rings. The predicted molar refractivity (Wildman–Crippen MR) is 69.1 cm³/mol. The summed E-state index contributed by atoms with van der Waals surface area (Å²) in [5, 5.41) is 9.31. The monoisotopic (exact) mass is 266 g/mol. The van der Waals surface area contributed by atoms with Crippen LogP contribution in [0, 0.1) is 11.3 Å². The molecule has 5 heteroatoms. The first-order chi connectivity index (χ1) is 8.56. The second kappa shape index (κ2) is 7.00. The van der Waals surface area contributed by atoms with Crippen LogP contribution in [0.4, 0.5) is 0 Å². The van der Waals surface area contributed by atoms with Crippen molar-refractivity contribution in [2.24, 2.45) is 0 Å². The molecule has 0 unspecified atom stereocenters. The highest BCUT2D eigenvalue weighted by atomic mass is 35.5. The lowest BCUT2D eigenvalue weighted by atomic mass is 10.1. The van der Waals surface area contributed by atoms with E-state index in [9.17, 15) is 4.79 Å². The summed E-state index contributed by atoms with van der Waals surface area (Å²) in [6.07, 6.45) is 0.348. The maximum absolute atomic E-state index is 11.0. The summed E-state index contributed by atoms with van der Waals surface area (Å²) in [7, 11) is 3.28. The van der Waals surface area contributed by atoms with Crippen molar-refractivity contribution in [1.82, 2.24) is 4.90 Å². The molecule has 0 aliphatic rings. The molecule has 0 saturated heterocycles. The molecule has 0 atom stereocenters. The van der Waals surface area contributed by atoms with Crippen LogP contribution in [-0.4, -0.2) is 31.6 Å². The normalized spacial score (nSPS) is 10.2. The van der Waals surface area contributed by atoms with Gasteiger partial charge in [0.25, 0.3) is 0 Å². The SMILES string of the molecule is COC(=O)CCN(C)Cc1ccc(C#N)cc1Cl. The number of carbonyl (C=O) groups is 1. The van der Waals surface area contributed by atoms with Crippen LogP contribution in [0.5, 0.6) is 0 Å². The van der Waals surface area contributed by atoms with Crippen molar-refractivity contribution < 1.29 is 9.53 Å². The standard InChI is InChI=1S/C13H15ClN2O2/c1-16(6-5-13(17)18-2)9-11-4-3-10(8-15)7-12(11)14/h3-4,7H,5-6,9H2,1-2H3. The Hall–Kier alpha value is -1.57. The Morgan fingerprint density at radius 3 is 2.83 bits per heavy atom. The van der Waals surface area contributed by atoms with Gasteiger partial charge in [0, 0.05) is 18.1 Å². The van der Waals surface area contributed by atoms with E-state index in [4.69, 9.17) is 16.9 Å². The van der Waals surface area contributed by atoms with Gasteiger partial charge in [-0.3, -0.25) is 4.79 Å². The molecule has 0 N–H and O–H groups in total. The first-order valence-corrected chi connectivity index (χ1v) is 5.88. The van der Waals surface area contributed by atoms with Crippen molar-refractivity contribution in [3.05, 3.63) is 34.3 Å². The van der Waals surface area contributed by atoms with Crippen molar-refractivity contribution in [3.63, 3.8) is 0 Å². The van der Waals surface area contributed by atoms with Crippen molar-refractivity contribution >= 4 is 17.6 Å². The predicted octanol–water partition coefficient (Wildman–Crippen LogP) is 2.21. The largest absolute Gasteiger partial charge is 0.469 e. The third-order valence-electron chi connectivity index (χ3n) is 2.55. The molecule has 0 bridgehead atoms. The molecule has 1 aromatic rings. The third-order valence-corrected chi connectivity index (χ3v) is 2.90. The van der Waals surface area contributed by atoms with E-state index in [1.54, 1.807) is 12.1 Å². The number of esters is 1. The molecule has 1 rings (SSSR count). The Kier molecular flexibility index (Phi) is 5.63. The maximum Gasteiger partial charge on any atom is 0.306 e. The van der Waals surface area contributed by atoms with Gasteiger partial charge in [0.15, 0.2) is 0 Å². The van der Waals surface area contributed by atoms with Crippen LogP contribution in [0.1, 0.15) is 17.5 Å². The van der Waals surface area contributed by atoms with Gasteiger partial charge in [-0.25, -0.2) is 0 Å². The summed E-state index contributed by atoms with van der Waals surface area (Å²) in [6.45, 7) is 1.23. The Morgan fingerprint density at radius 2 is 2.28 bits per heavy atom. The molecule has 0 radical (unpaired) electrons. The number of methoxy groups -OCH3 is 1. The average molecular weight is 267 g/mol. The van der Waals surface area contributed by atoms with E-state index in [0.717, 1.165) is 5.56 Å². The zero-order valence-electron chi connectivity index (χ0n) is 10.4. The molecule has 4 nitrogen and oxygen atoms in total. The number of nitriles is 1. The fraction of sp³-hybridized carbons (Fsp3) is 0.385. The van der Waals surface area contributed by atoms with Crippen molar-refractivity contribution in [3.8, 4) is 6.07 Å². The van der Waals surface area contributed by atoms with Crippen LogP contribution in [0.3, 0.4) is 0 Å². The fourth-order valence-corrected chi connectivity index (χ4v) is 1.74. The summed E-state index contributed by atoms with van der Waals surface area (Å²) < 4.78 is 4.58. The highest BCUT2D eigenvalue weighted by Crippen LogP contribution is 2.19. The van der Waals surface area contributed by atoms with Gasteiger partial charge in [-0.1, -0.05) is 17.7 Å². The number of benzene rings is 1. The van der Waals surface area contributed by atoms with E-state index in [0.29, 0.717) is 30.1 Å². The lowest BCUT2D eigenvalue weighted by molar-refractivity contribution is -0.140. The van der Waals surface area contributed by atoms with Gasteiger partial charge in [-0.15, -0.1) is 0 Å². The zero-order valence-corrected chi connectivity index (χ0v) is 11.2. The summed E-state index contributed by atoms with van der Waals surface area (Å²) in [4.78, 5) is 13.0. The topological polar surface area (TPSA) is 53.3 Å². The minimum absolute atomic E-state index is 0.229. The smallest absolute Gasteiger partial charge is 0.306 e.